The minimum absolute atomic E-state index is 0.0440. The molecule has 2 aromatic carbocycles. The minimum atomic E-state index is -0.478. The summed E-state index contributed by atoms with van der Waals surface area (Å²) in [7, 11) is 1.85. The lowest BCUT2D eigenvalue weighted by Gasteiger charge is -2.17. The van der Waals surface area contributed by atoms with Crippen molar-refractivity contribution in [3.05, 3.63) is 68.2 Å². The van der Waals surface area contributed by atoms with Gasteiger partial charge in [-0.15, -0.1) is 0 Å². The third-order valence-electron chi connectivity index (χ3n) is 3.52. The quantitative estimate of drug-likeness (QED) is 0.600. The number of hydrogen-bond donors (Lipinski definition) is 1. The molecule has 0 aliphatic carbocycles. The Bertz CT molecular complexity index is 764. The van der Waals surface area contributed by atoms with Gasteiger partial charge in [0.15, 0.2) is 0 Å². The molecule has 0 spiro atoms. The molecule has 7 heteroatoms. The molecule has 0 bridgehead atoms. The second-order valence-electron chi connectivity index (χ2n) is 5.57. The maximum absolute atomic E-state index is 12.2. The fourth-order valence-electron chi connectivity index (χ4n) is 2.27. The van der Waals surface area contributed by atoms with Crippen molar-refractivity contribution in [2.75, 3.05) is 18.9 Å². The van der Waals surface area contributed by atoms with E-state index in [1.807, 2.05) is 36.2 Å². The molecule has 0 unspecified atom stereocenters. The Morgan fingerprint density at radius 1 is 1.29 bits per heavy atom. The molecule has 0 radical (unpaired) electrons. The third kappa shape index (κ3) is 4.87. The Labute approximate surface area is 148 Å². The highest BCUT2D eigenvalue weighted by atomic mass is 79.9. The molecule has 2 aromatic rings. The summed E-state index contributed by atoms with van der Waals surface area (Å²) in [6, 6.07) is 12.2. The van der Waals surface area contributed by atoms with Gasteiger partial charge in [0.05, 0.1) is 17.2 Å². The Kier molecular flexibility index (Phi) is 6.05. The molecule has 0 saturated heterocycles. The smallest absolute Gasteiger partial charge is 0.271 e. The first-order valence-electron chi connectivity index (χ1n) is 7.33. The number of anilines is 1. The van der Waals surface area contributed by atoms with Gasteiger partial charge < -0.3 is 5.32 Å². The lowest BCUT2D eigenvalue weighted by Crippen LogP contribution is -2.30. The summed E-state index contributed by atoms with van der Waals surface area (Å²) in [5.74, 6) is -0.215. The van der Waals surface area contributed by atoms with Crippen molar-refractivity contribution in [1.82, 2.24) is 4.90 Å². The van der Waals surface area contributed by atoms with Gasteiger partial charge in [-0.3, -0.25) is 19.8 Å². The topological polar surface area (TPSA) is 75.5 Å². The fraction of sp³-hybridized carbons (Fsp3) is 0.235. The zero-order valence-corrected chi connectivity index (χ0v) is 15.0. The van der Waals surface area contributed by atoms with E-state index in [0.29, 0.717) is 12.2 Å². The van der Waals surface area contributed by atoms with Crippen molar-refractivity contribution < 1.29 is 9.72 Å². The van der Waals surface area contributed by atoms with Gasteiger partial charge in [0.25, 0.3) is 5.69 Å². The number of nitro benzene ring substituents is 1. The van der Waals surface area contributed by atoms with E-state index in [9.17, 15) is 14.9 Å². The SMILES string of the molecule is Cc1ccc([N+](=O)[O-])cc1NC(=O)CN(C)Cc1ccccc1Br. The molecule has 0 fully saturated rings. The van der Waals surface area contributed by atoms with E-state index in [1.54, 1.807) is 13.0 Å². The van der Waals surface area contributed by atoms with Gasteiger partial charge in [0, 0.05) is 23.2 Å². The molecule has 0 saturated carbocycles. The van der Waals surface area contributed by atoms with E-state index >= 15 is 0 Å². The molecule has 0 heterocycles. The molecular formula is C17H18BrN3O3. The first-order chi connectivity index (χ1) is 11.4. The fourth-order valence-corrected chi connectivity index (χ4v) is 2.68. The number of nitrogens with zero attached hydrogens (tertiary/aromatic N) is 2. The summed E-state index contributed by atoms with van der Waals surface area (Å²) in [5.41, 5.74) is 2.28. The first kappa shape index (κ1) is 18.1. The van der Waals surface area contributed by atoms with Crippen LogP contribution in [-0.4, -0.2) is 29.3 Å². The lowest BCUT2D eigenvalue weighted by molar-refractivity contribution is -0.384. The maximum Gasteiger partial charge on any atom is 0.271 e. The predicted molar refractivity (Wildman–Crippen MR) is 96.9 cm³/mol. The molecule has 0 aromatic heterocycles. The van der Waals surface area contributed by atoms with E-state index in [2.05, 4.69) is 21.2 Å². The van der Waals surface area contributed by atoms with Crippen LogP contribution in [-0.2, 0) is 11.3 Å². The summed E-state index contributed by atoms with van der Waals surface area (Å²) in [5, 5.41) is 13.6. The van der Waals surface area contributed by atoms with E-state index in [-0.39, 0.29) is 18.1 Å². The molecule has 0 aliphatic rings. The van der Waals surface area contributed by atoms with Crippen LogP contribution in [0.2, 0.25) is 0 Å². The molecule has 1 N–H and O–H groups in total. The average Bonchev–Trinajstić information content (AvgIpc) is 2.51. The van der Waals surface area contributed by atoms with Crippen molar-refractivity contribution in [2.24, 2.45) is 0 Å². The summed E-state index contributed by atoms with van der Waals surface area (Å²) in [6.45, 7) is 2.59. The van der Waals surface area contributed by atoms with E-state index in [0.717, 1.165) is 15.6 Å². The predicted octanol–water partition coefficient (Wildman–Crippen LogP) is 3.74. The third-order valence-corrected chi connectivity index (χ3v) is 4.29. The molecule has 24 heavy (non-hydrogen) atoms. The van der Waals surface area contributed by atoms with Crippen molar-refractivity contribution in [2.45, 2.75) is 13.5 Å². The number of carbonyl (C=O) groups is 1. The highest BCUT2D eigenvalue weighted by Gasteiger charge is 2.13. The second kappa shape index (κ2) is 8.03. The zero-order chi connectivity index (χ0) is 17.7. The van der Waals surface area contributed by atoms with Gasteiger partial charge >= 0.3 is 0 Å². The van der Waals surface area contributed by atoms with Crippen molar-refractivity contribution >= 4 is 33.2 Å². The van der Waals surface area contributed by atoms with Crippen LogP contribution in [0, 0.1) is 17.0 Å². The minimum Gasteiger partial charge on any atom is -0.324 e. The van der Waals surface area contributed by atoms with E-state index in [1.165, 1.54) is 12.1 Å². The number of halogens is 1. The molecule has 1 amide bonds. The Morgan fingerprint density at radius 2 is 2.00 bits per heavy atom. The molecule has 0 aliphatic heterocycles. The summed E-state index contributed by atoms with van der Waals surface area (Å²) < 4.78 is 0.992. The highest BCUT2D eigenvalue weighted by Crippen LogP contribution is 2.22. The number of non-ortho nitro benzene ring substituents is 1. The maximum atomic E-state index is 12.2. The number of nitrogens with one attached hydrogen (secondary N) is 1. The van der Waals surface area contributed by atoms with E-state index < -0.39 is 4.92 Å². The molecule has 0 atom stereocenters. The summed E-state index contributed by atoms with van der Waals surface area (Å²) >= 11 is 3.48. The van der Waals surface area contributed by atoms with Crippen molar-refractivity contribution in [1.29, 1.82) is 0 Å². The molecule has 2 rings (SSSR count). The standard InChI is InChI=1S/C17H18BrN3O3/c1-12-7-8-14(21(23)24)9-16(12)19-17(22)11-20(2)10-13-5-3-4-6-15(13)18/h3-9H,10-11H2,1-2H3,(H,19,22). The molecule has 126 valence electrons. The second-order valence-corrected chi connectivity index (χ2v) is 6.42. The molecule has 6 nitrogen and oxygen atoms in total. The van der Waals surface area contributed by atoms with Crippen LogP contribution in [0.4, 0.5) is 11.4 Å². The number of aryl methyl sites for hydroxylation is 1. The van der Waals surface area contributed by atoms with Gasteiger partial charge in [0.1, 0.15) is 0 Å². The summed E-state index contributed by atoms with van der Waals surface area (Å²) in [6.07, 6.45) is 0. The number of benzene rings is 2. The number of hydrogen-bond acceptors (Lipinski definition) is 4. The number of likely N-dealkylation sites (N-methyl/N-ethyl adjacent to an activating group) is 1. The van der Waals surface area contributed by atoms with Crippen molar-refractivity contribution in [3.63, 3.8) is 0 Å². The Morgan fingerprint density at radius 3 is 2.67 bits per heavy atom. The summed E-state index contributed by atoms with van der Waals surface area (Å²) in [4.78, 5) is 24.4. The number of carbonyl (C=O) groups excluding carboxylic acids is 1. The normalized spacial score (nSPS) is 10.7. The van der Waals surface area contributed by atoms with Crippen LogP contribution in [0.1, 0.15) is 11.1 Å². The molecular weight excluding hydrogens is 374 g/mol. The van der Waals surface area contributed by atoms with Gasteiger partial charge in [0.2, 0.25) is 5.91 Å². The van der Waals surface area contributed by atoms with Crippen LogP contribution in [0.3, 0.4) is 0 Å². The van der Waals surface area contributed by atoms with Gasteiger partial charge in [-0.05, 0) is 31.2 Å². The Hall–Kier alpha value is -2.25. The number of amides is 1. The van der Waals surface area contributed by atoms with Crippen LogP contribution in [0.25, 0.3) is 0 Å². The zero-order valence-electron chi connectivity index (χ0n) is 13.5. The van der Waals surface area contributed by atoms with Crippen LogP contribution in [0.15, 0.2) is 46.9 Å². The monoisotopic (exact) mass is 391 g/mol. The van der Waals surface area contributed by atoms with Gasteiger partial charge in [-0.2, -0.15) is 0 Å². The van der Waals surface area contributed by atoms with Gasteiger partial charge in [-0.25, -0.2) is 0 Å². The van der Waals surface area contributed by atoms with Crippen LogP contribution < -0.4 is 5.32 Å². The van der Waals surface area contributed by atoms with Crippen LogP contribution in [0.5, 0.6) is 0 Å². The number of nitro groups is 1. The first-order valence-corrected chi connectivity index (χ1v) is 8.13. The lowest BCUT2D eigenvalue weighted by atomic mass is 10.2. The van der Waals surface area contributed by atoms with Crippen molar-refractivity contribution in [3.8, 4) is 0 Å². The van der Waals surface area contributed by atoms with Crippen LogP contribution >= 0.6 is 15.9 Å². The number of rotatable bonds is 6. The Balaban J connectivity index is 1.99. The van der Waals surface area contributed by atoms with E-state index in [4.69, 9.17) is 0 Å². The largest absolute Gasteiger partial charge is 0.324 e. The van der Waals surface area contributed by atoms with Gasteiger partial charge in [-0.1, -0.05) is 40.2 Å². The highest BCUT2D eigenvalue weighted by molar-refractivity contribution is 9.10. The average molecular weight is 392 g/mol.